The Labute approximate surface area is 152 Å². The van der Waals surface area contributed by atoms with E-state index in [1.54, 1.807) is 4.90 Å². The summed E-state index contributed by atoms with van der Waals surface area (Å²) in [5, 5.41) is 0.0315. The second kappa shape index (κ2) is 6.61. The van der Waals surface area contributed by atoms with E-state index in [0.29, 0.717) is 0 Å². The number of carbonyl (C=O) groups is 2. The second-order valence-electron chi connectivity index (χ2n) is 6.64. The van der Waals surface area contributed by atoms with Crippen molar-refractivity contribution in [1.29, 1.82) is 0 Å². The standard InChI is InChI=1S/C17H20ClNO5S/c1-24-17(21)12-7-8-14(25(2,22)23)13(15(12)18)9-19(11-5-6-11)16(20)10-3-4-10/h7-8,10-11H,3-6,9H2,1-2H3. The molecule has 6 nitrogen and oxygen atoms in total. The van der Waals surface area contributed by atoms with Crippen LogP contribution in [0.15, 0.2) is 17.0 Å². The van der Waals surface area contributed by atoms with E-state index in [0.717, 1.165) is 31.9 Å². The van der Waals surface area contributed by atoms with Crippen LogP contribution in [-0.2, 0) is 25.9 Å². The van der Waals surface area contributed by atoms with Gasteiger partial charge < -0.3 is 9.64 Å². The molecule has 0 aliphatic heterocycles. The van der Waals surface area contributed by atoms with E-state index in [1.165, 1.54) is 19.2 Å². The summed E-state index contributed by atoms with van der Waals surface area (Å²) in [6, 6.07) is 2.83. The topological polar surface area (TPSA) is 80.8 Å². The highest BCUT2D eigenvalue weighted by molar-refractivity contribution is 7.90. The largest absolute Gasteiger partial charge is 0.465 e. The molecule has 2 fully saturated rings. The first-order valence-electron chi connectivity index (χ1n) is 8.14. The first-order chi connectivity index (χ1) is 11.7. The summed E-state index contributed by atoms with van der Waals surface area (Å²) >= 11 is 6.36. The summed E-state index contributed by atoms with van der Waals surface area (Å²) in [5.41, 5.74) is 0.383. The van der Waals surface area contributed by atoms with Gasteiger partial charge >= 0.3 is 5.97 Å². The Morgan fingerprint density at radius 1 is 1.24 bits per heavy atom. The molecule has 0 N–H and O–H groups in total. The highest BCUT2D eigenvalue weighted by atomic mass is 35.5. The van der Waals surface area contributed by atoms with Gasteiger partial charge in [-0.2, -0.15) is 0 Å². The SMILES string of the molecule is COC(=O)c1ccc(S(C)(=O)=O)c(CN(C(=O)C2CC2)C2CC2)c1Cl. The molecule has 136 valence electrons. The molecule has 3 rings (SSSR count). The van der Waals surface area contributed by atoms with Gasteiger partial charge in [0.15, 0.2) is 9.84 Å². The molecule has 0 aromatic heterocycles. The van der Waals surface area contributed by atoms with Gasteiger partial charge in [-0.1, -0.05) is 11.6 Å². The minimum atomic E-state index is -3.56. The number of ether oxygens (including phenoxy) is 1. The van der Waals surface area contributed by atoms with E-state index in [9.17, 15) is 18.0 Å². The zero-order valence-corrected chi connectivity index (χ0v) is 15.7. The third-order valence-electron chi connectivity index (χ3n) is 4.53. The van der Waals surface area contributed by atoms with Crippen molar-refractivity contribution in [1.82, 2.24) is 4.90 Å². The Morgan fingerprint density at radius 2 is 1.88 bits per heavy atom. The van der Waals surface area contributed by atoms with Gasteiger partial charge in [0, 0.05) is 30.3 Å². The fourth-order valence-corrected chi connectivity index (χ4v) is 4.16. The first-order valence-corrected chi connectivity index (χ1v) is 10.4. The maximum atomic E-state index is 12.6. The number of carbonyl (C=O) groups excluding carboxylic acids is 2. The predicted molar refractivity (Wildman–Crippen MR) is 92.2 cm³/mol. The van der Waals surface area contributed by atoms with Crippen LogP contribution < -0.4 is 0 Å². The average molecular weight is 386 g/mol. The van der Waals surface area contributed by atoms with Crippen LogP contribution in [0.25, 0.3) is 0 Å². The van der Waals surface area contributed by atoms with Crippen molar-refractivity contribution in [2.24, 2.45) is 5.92 Å². The van der Waals surface area contributed by atoms with Gasteiger partial charge in [-0.25, -0.2) is 13.2 Å². The number of amides is 1. The zero-order valence-electron chi connectivity index (χ0n) is 14.1. The molecule has 1 aromatic rings. The molecule has 25 heavy (non-hydrogen) atoms. The van der Waals surface area contributed by atoms with Crippen LogP contribution in [0.1, 0.15) is 41.6 Å². The fourth-order valence-electron chi connectivity index (χ4n) is 2.87. The molecule has 0 atom stereocenters. The minimum absolute atomic E-state index is 0.0315. The number of benzene rings is 1. The number of hydrogen-bond donors (Lipinski definition) is 0. The quantitative estimate of drug-likeness (QED) is 0.702. The fraction of sp³-hybridized carbons (Fsp3) is 0.529. The summed E-state index contributed by atoms with van der Waals surface area (Å²) in [4.78, 5) is 26.2. The smallest absolute Gasteiger partial charge is 0.339 e. The number of sulfone groups is 1. The van der Waals surface area contributed by atoms with E-state index < -0.39 is 15.8 Å². The highest BCUT2D eigenvalue weighted by Gasteiger charge is 2.40. The van der Waals surface area contributed by atoms with Gasteiger partial charge in [-0.05, 0) is 37.8 Å². The van der Waals surface area contributed by atoms with E-state index >= 15 is 0 Å². The van der Waals surface area contributed by atoms with Crippen molar-refractivity contribution in [3.63, 3.8) is 0 Å². The van der Waals surface area contributed by atoms with Crippen molar-refractivity contribution in [2.45, 2.75) is 43.2 Å². The van der Waals surface area contributed by atoms with Gasteiger partial charge in [0.25, 0.3) is 0 Å². The molecule has 0 radical (unpaired) electrons. The van der Waals surface area contributed by atoms with Gasteiger partial charge in [0.05, 0.1) is 22.6 Å². The van der Waals surface area contributed by atoms with Crippen LogP contribution in [-0.4, -0.2) is 44.6 Å². The van der Waals surface area contributed by atoms with Crippen LogP contribution in [0, 0.1) is 5.92 Å². The van der Waals surface area contributed by atoms with E-state index in [2.05, 4.69) is 0 Å². The third-order valence-corrected chi connectivity index (χ3v) is 6.14. The Bertz CT molecular complexity index is 828. The lowest BCUT2D eigenvalue weighted by Gasteiger charge is -2.25. The lowest BCUT2D eigenvalue weighted by molar-refractivity contribution is -0.133. The van der Waals surface area contributed by atoms with Crippen LogP contribution in [0.3, 0.4) is 0 Å². The number of hydrogen-bond acceptors (Lipinski definition) is 5. The molecule has 2 aliphatic carbocycles. The van der Waals surface area contributed by atoms with Gasteiger partial charge in [0.1, 0.15) is 0 Å². The normalized spacial score (nSPS) is 17.2. The highest BCUT2D eigenvalue weighted by Crippen LogP contribution is 2.39. The van der Waals surface area contributed by atoms with Crippen molar-refractivity contribution in [3.05, 3.63) is 28.3 Å². The third kappa shape index (κ3) is 3.82. The molecule has 0 spiro atoms. The van der Waals surface area contributed by atoms with Crippen LogP contribution in [0.4, 0.5) is 0 Å². The maximum Gasteiger partial charge on any atom is 0.339 e. The molecule has 0 unspecified atom stereocenters. The van der Waals surface area contributed by atoms with E-state index in [4.69, 9.17) is 16.3 Å². The monoisotopic (exact) mass is 385 g/mol. The maximum absolute atomic E-state index is 12.6. The van der Waals surface area contributed by atoms with Crippen molar-refractivity contribution < 1.29 is 22.7 Å². The summed E-state index contributed by atoms with van der Waals surface area (Å²) in [5.74, 6) is -0.566. The molecule has 2 aliphatic rings. The molecule has 0 bridgehead atoms. The minimum Gasteiger partial charge on any atom is -0.465 e. The first kappa shape index (κ1) is 18.2. The van der Waals surface area contributed by atoms with Crippen LogP contribution in [0.5, 0.6) is 0 Å². The molecule has 2 saturated carbocycles. The lowest BCUT2D eigenvalue weighted by atomic mass is 10.1. The number of methoxy groups -OCH3 is 1. The summed E-state index contributed by atoms with van der Waals surface area (Å²) < 4.78 is 29.0. The van der Waals surface area contributed by atoms with E-state index in [-0.39, 0.29) is 45.5 Å². The Kier molecular flexibility index (Phi) is 4.81. The molecule has 8 heteroatoms. The summed E-state index contributed by atoms with van der Waals surface area (Å²) in [6.07, 6.45) is 4.64. The van der Waals surface area contributed by atoms with Crippen molar-refractivity contribution in [3.8, 4) is 0 Å². The van der Waals surface area contributed by atoms with Gasteiger partial charge in [0.2, 0.25) is 5.91 Å². The molecular formula is C17H20ClNO5S. The average Bonchev–Trinajstić information content (AvgIpc) is 3.43. The molecule has 0 heterocycles. The number of nitrogens with zero attached hydrogens (tertiary/aromatic N) is 1. The Hall–Kier alpha value is -1.60. The van der Waals surface area contributed by atoms with E-state index in [1.807, 2.05) is 0 Å². The summed E-state index contributed by atoms with van der Waals surface area (Å²) in [6.45, 7) is 0.0894. The molecule has 1 amide bonds. The van der Waals surface area contributed by atoms with Gasteiger partial charge in [-0.3, -0.25) is 4.79 Å². The lowest BCUT2D eigenvalue weighted by Crippen LogP contribution is -2.34. The molecule has 1 aromatic carbocycles. The van der Waals surface area contributed by atoms with Crippen LogP contribution >= 0.6 is 11.6 Å². The number of halogens is 1. The zero-order chi connectivity index (χ0) is 18.4. The predicted octanol–water partition coefficient (Wildman–Crippen LogP) is 2.43. The van der Waals surface area contributed by atoms with Gasteiger partial charge in [-0.15, -0.1) is 0 Å². The molecule has 0 saturated heterocycles. The second-order valence-corrected chi connectivity index (χ2v) is 9.00. The van der Waals surface area contributed by atoms with Crippen LogP contribution in [0.2, 0.25) is 5.02 Å². The Balaban J connectivity index is 2.04. The Morgan fingerprint density at radius 3 is 2.36 bits per heavy atom. The number of rotatable bonds is 6. The number of esters is 1. The van der Waals surface area contributed by atoms with Crippen molar-refractivity contribution >= 4 is 33.3 Å². The van der Waals surface area contributed by atoms with Crippen molar-refractivity contribution in [2.75, 3.05) is 13.4 Å². The summed E-state index contributed by atoms with van der Waals surface area (Å²) in [7, 11) is -2.33. The molecular weight excluding hydrogens is 366 g/mol.